The van der Waals surface area contributed by atoms with Crippen LogP contribution in [-0.2, 0) is 0 Å². The number of hydrogen-bond acceptors (Lipinski definition) is 2. The van der Waals surface area contributed by atoms with Crippen LogP contribution in [0.15, 0.2) is 24.3 Å². The van der Waals surface area contributed by atoms with Gasteiger partial charge in [0.1, 0.15) is 5.75 Å². The molecule has 0 N–H and O–H groups in total. The molecule has 0 saturated carbocycles. The number of nitriles is 1. The molecule has 0 saturated heterocycles. The highest BCUT2D eigenvalue weighted by atomic mass is 19.4. The molecule has 1 rings (SSSR count). The van der Waals surface area contributed by atoms with Gasteiger partial charge < -0.3 is 4.74 Å². The highest BCUT2D eigenvalue weighted by Crippen LogP contribution is 2.63. The maximum atomic E-state index is 13.6. The SMILES string of the molecule is N#Cc1ccc(OC(F)(F)C(F)(F)C(F)(F)C(F)(F)C(F)(F)C(F)(F)C(F)(F)C(F)(F)F)cc1. The minimum atomic E-state index is -8.70. The van der Waals surface area contributed by atoms with Crippen LogP contribution in [-0.4, -0.2) is 47.8 Å². The van der Waals surface area contributed by atoms with Crippen LogP contribution < -0.4 is 4.74 Å². The average molecular weight is 537 g/mol. The molecule has 0 amide bonds. The molecule has 0 heterocycles. The Labute approximate surface area is 175 Å². The normalized spacial score (nSPS) is 15.2. The van der Waals surface area contributed by atoms with E-state index in [0.717, 1.165) is 0 Å². The summed E-state index contributed by atoms with van der Waals surface area (Å²) >= 11 is 0. The first-order valence-electron chi connectivity index (χ1n) is 7.67. The van der Waals surface area contributed by atoms with Crippen molar-refractivity contribution in [2.45, 2.75) is 47.8 Å². The van der Waals surface area contributed by atoms with Crippen molar-refractivity contribution in [1.29, 1.82) is 5.26 Å². The molecular formula is C15H4F17NO. The van der Waals surface area contributed by atoms with Gasteiger partial charge in [0.05, 0.1) is 11.6 Å². The van der Waals surface area contributed by atoms with Crippen molar-refractivity contribution in [2.24, 2.45) is 0 Å². The molecule has 0 aromatic heterocycles. The third-order valence-electron chi connectivity index (χ3n) is 3.92. The fourth-order valence-electron chi connectivity index (χ4n) is 1.96. The lowest BCUT2D eigenvalue weighted by atomic mass is 9.90. The standard InChI is InChI=1S/C15H4F17NO/c16-8(17,10(20,21)12(24,25)14(28,29)30)9(18,19)11(22,23)13(26,27)15(31,32)34-7-3-1-6(5-33)2-4-7/h1-4H. The highest BCUT2D eigenvalue weighted by Gasteiger charge is 2.95. The van der Waals surface area contributed by atoms with E-state index in [1.54, 1.807) is 0 Å². The molecule has 0 unspecified atom stereocenters. The quantitative estimate of drug-likeness (QED) is 0.338. The van der Waals surface area contributed by atoms with Crippen molar-refractivity contribution in [3.05, 3.63) is 29.8 Å². The number of hydrogen-bond donors (Lipinski definition) is 0. The molecule has 0 atom stereocenters. The van der Waals surface area contributed by atoms with Crippen molar-refractivity contribution in [2.75, 3.05) is 0 Å². The summed E-state index contributed by atoms with van der Waals surface area (Å²) in [6.45, 7) is 0. The number of nitrogens with zero attached hydrogens (tertiary/aromatic N) is 1. The zero-order valence-corrected chi connectivity index (χ0v) is 15.1. The molecule has 194 valence electrons. The van der Waals surface area contributed by atoms with Gasteiger partial charge in [0.25, 0.3) is 0 Å². The minimum Gasteiger partial charge on any atom is -0.428 e. The Morgan fingerprint density at radius 3 is 1.15 bits per heavy atom. The Bertz CT molecular complexity index is 926. The van der Waals surface area contributed by atoms with Crippen molar-refractivity contribution >= 4 is 0 Å². The van der Waals surface area contributed by atoms with Crippen LogP contribution in [0.2, 0.25) is 0 Å². The lowest BCUT2D eigenvalue weighted by Crippen LogP contribution is -2.74. The minimum absolute atomic E-state index is 0.172. The molecule has 2 nitrogen and oxygen atoms in total. The summed E-state index contributed by atoms with van der Waals surface area (Å²) in [5.41, 5.74) is -0.397. The molecule has 0 aliphatic heterocycles. The second kappa shape index (κ2) is 7.93. The summed E-state index contributed by atoms with van der Waals surface area (Å²) in [5.74, 6) is -52.1. The molecule has 0 fully saturated rings. The zero-order valence-electron chi connectivity index (χ0n) is 15.1. The molecule has 0 spiro atoms. The van der Waals surface area contributed by atoms with E-state index >= 15 is 0 Å². The van der Waals surface area contributed by atoms with E-state index in [0.29, 0.717) is 12.1 Å². The van der Waals surface area contributed by atoms with Crippen molar-refractivity contribution in [3.63, 3.8) is 0 Å². The Morgan fingerprint density at radius 1 is 0.500 bits per heavy atom. The fourth-order valence-corrected chi connectivity index (χ4v) is 1.96. The van der Waals surface area contributed by atoms with Crippen LogP contribution in [0.25, 0.3) is 0 Å². The van der Waals surface area contributed by atoms with Gasteiger partial charge in [0.15, 0.2) is 0 Å². The van der Waals surface area contributed by atoms with Crippen LogP contribution in [0.5, 0.6) is 5.75 Å². The first-order chi connectivity index (χ1) is 14.8. The van der Waals surface area contributed by atoms with Crippen LogP contribution in [0.1, 0.15) is 5.56 Å². The van der Waals surface area contributed by atoms with Gasteiger partial charge in [0, 0.05) is 0 Å². The Balaban J connectivity index is 3.56. The first-order valence-corrected chi connectivity index (χ1v) is 7.67. The Kier molecular flexibility index (Phi) is 6.85. The largest absolute Gasteiger partial charge is 0.471 e. The van der Waals surface area contributed by atoms with Crippen LogP contribution >= 0.6 is 0 Å². The molecule has 0 radical (unpaired) electrons. The van der Waals surface area contributed by atoms with Gasteiger partial charge in [-0.1, -0.05) is 0 Å². The summed E-state index contributed by atoms with van der Waals surface area (Å²) in [6, 6.07) is 2.69. The average Bonchev–Trinajstić information content (AvgIpc) is 2.66. The monoisotopic (exact) mass is 537 g/mol. The number of alkyl halides is 17. The Hall–Kier alpha value is -2.68. The Morgan fingerprint density at radius 2 is 0.824 bits per heavy atom. The van der Waals surface area contributed by atoms with Gasteiger partial charge >= 0.3 is 47.8 Å². The van der Waals surface area contributed by atoms with E-state index in [9.17, 15) is 74.6 Å². The van der Waals surface area contributed by atoms with Crippen molar-refractivity contribution in [3.8, 4) is 11.8 Å². The molecule has 0 aliphatic carbocycles. The molecule has 0 bridgehead atoms. The number of rotatable bonds is 8. The molecule has 34 heavy (non-hydrogen) atoms. The second-order valence-corrected chi connectivity index (χ2v) is 6.20. The molecule has 19 heteroatoms. The van der Waals surface area contributed by atoms with E-state index in [1.165, 1.54) is 6.07 Å². The first kappa shape index (κ1) is 29.4. The van der Waals surface area contributed by atoms with Crippen LogP contribution in [0.4, 0.5) is 74.6 Å². The van der Waals surface area contributed by atoms with E-state index in [2.05, 4.69) is 4.74 Å². The van der Waals surface area contributed by atoms with Gasteiger partial charge in [-0.15, -0.1) is 0 Å². The predicted octanol–water partition coefficient (Wildman–Crippen LogP) is 6.90. The van der Waals surface area contributed by atoms with Gasteiger partial charge in [-0.3, -0.25) is 0 Å². The summed E-state index contributed by atoms with van der Waals surface area (Å²) in [5, 5.41) is 8.44. The zero-order chi connectivity index (χ0) is 27.4. The maximum Gasteiger partial charge on any atom is 0.471 e. The lowest BCUT2D eigenvalue weighted by molar-refractivity contribution is -0.471. The van der Waals surface area contributed by atoms with Crippen molar-refractivity contribution in [1.82, 2.24) is 0 Å². The third-order valence-corrected chi connectivity index (χ3v) is 3.92. The number of benzene rings is 1. The number of ether oxygens (including phenoxy) is 1. The smallest absolute Gasteiger partial charge is 0.428 e. The topological polar surface area (TPSA) is 33.0 Å². The highest BCUT2D eigenvalue weighted by molar-refractivity contribution is 5.34. The van der Waals surface area contributed by atoms with E-state index in [1.807, 2.05) is 0 Å². The molecule has 0 aliphatic rings. The van der Waals surface area contributed by atoms with Gasteiger partial charge in [0.2, 0.25) is 0 Å². The number of halogens is 17. The summed E-state index contributed by atoms with van der Waals surface area (Å²) < 4.78 is 226. The van der Waals surface area contributed by atoms with Crippen LogP contribution in [0.3, 0.4) is 0 Å². The maximum absolute atomic E-state index is 13.6. The van der Waals surface area contributed by atoms with Gasteiger partial charge in [-0.25, -0.2) is 0 Å². The van der Waals surface area contributed by atoms with Crippen molar-refractivity contribution < 1.29 is 79.4 Å². The summed E-state index contributed by atoms with van der Waals surface area (Å²) in [6.07, 6.45) is -14.8. The van der Waals surface area contributed by atoms with Gasteiger partial charge in [-0.05, 0) is 24.3 Å². The molecular weight excluding hydrogens is 533 g/mol. The molecule has 1 aromatic rings. The lowest BCUT2D eigenvalue weighted by Gasteiger charge is -2.42. The van der Waals surface area contributed by atoms with E-state index in [4.69, 9.17) is 5.26 Å². The second-order valence-electron chi connectivity index (χ2n) is 6.20. The van der Waals surface area contributed by atoms with Crippen LogP contribution in [0, 0.1) is 11.3 Å². The van der Waals surface area contributed by atoms with Gasteiger partial charge in [-0.2, -0.15) is 79.9 Å². The summed E-state index contributed by atoms with van der Waals surface area (Å²) in [4.78, 5) is 0. The fraction of sp³-hybridized carbons (Fsp3) is 0.533. The molecule has 1 aromatic carbocycles. The summed E-state index contributed by atoms with van der Waals surface area (Å²) in [7, 11) is 0. The van der Waals surface area contributed by atoms with E-state index < -0.39 is 59.1 Å². The predicted molar refractivity (Wildman–Crippen MR) is 72.5 cm³/mol. The van der Waals surface area contributed by atoms with E-state index in [-0.39, 0.29) is 12.1 Å². The third kappa shape index (κ3) is 3.93.